The Bertz CT molecular complexity index is 571. The molecular weight excluding hydrogens is 350 g/mol. The first-order chi connectivity index (χ1) is 10.1. The lowest BCUT2D eigenvalue weighted by molar-refractivity contribution is -0.137. The fraction of sp³-hybridized carbons (Fsp3) is 0.312. The zero-order valence-electron chi connectivity index (χ0n) is 11.6. The molecule has 21 heavy (non-hydrogen) atoms. The Morgan fingerprint density at radius 2 is 2.05 bits per heavy atom. The van der Waals surface area contributed by atoms with Gasteiger partial charge in [-0.05, 0) is 51.3 Å². The van der Waals surface area contributed by atoms with Crippen molar-refractivity contribution in [2.45, 2.75) is 31.8 Å². The molecule has 0 saturated heterocycles. The van der Waals surface area contributed by atoms with E-state index in [2.05, 4.69) is 44.8 Å². The van der Waals surface area contributed by atoms with Crippen LogP contribution in [0.2, 0.25) is 0 Å². The maximum Gasteiger partial charge on any atom is 0.303 e. The van der Waals surface area contributed by atoms with E-state index in [9.17, 15) is 4.79 Å². The molecule has 0 spiro atoms. The molecule has 1 unspecified atom stereocenters. The molecule has 0 saturated carbocycles. The number of carboxylic acids is 1. The minimum atomic E-state index is -0.742. The van der Waals surface area contributed by atoms with E-state index in [4.69, 9.17) is 5.11 Å². The van der Waals surface area contributed by atoms with E-state index in [1.807, 2.05) is 18.2 Å². The highest BCUT2D eigenvalue weighted by molar-refractivity contribution is 9.11. The Labute approximate surface area is 137 Å². The minimum absolute atomic E-state index is 0.169. The summed E-state index contributed by atoms with van der Waals surface area (Å²) in [6, 6.07) is 12.4. The number of aliphatic carboxylic acids is 1. The summed E-state index contributed by atoms with van der Waals surface area (Å²) >= 11 is 5.12. The molecule has 5 heteroatoms. The third kappa shape index (κ3) is 5.99. The second-order valence-corrected chi connectivity index (χ2v) is 7.25. The van der Waals surface area contributed by atoms with Crippen LogP contribution < -0.4 is 5.32 Å². The summed E-state index contributed by atoms with van der Waals surface area (Å²) in [4.78, 5) is 10.8. The van der Waals surface area contributed by atoms with E-state index in [-0.39, 0.29) is 12.5 Å². The summed E-state index contributed by atoms with van der Waals surface area (Å²) in [6.07, 6.45) is 1.67. The molecule has 3 nitrogen and oxygen atoms in total. The van der Waals surface area contributed by atoms with Crippen LogP contribution in [0.15, 0.2) is 45.6 Å². The van der Waals surface area contributed by atoms with E-state index < -0.39 is 5.97 Å². The highest BCUT2D eigenvalue weighted by Gasteiger charge is 2.12. The largest absolute Gasteiger partial charge is 0.481 e. The first-order valence-electron chi connectivity index (χ1n) is 6.85. The fourth-order valence-corrected chi connectivity index (χ4v) is 3.38. The number of nitrogens with one attached hydrogen (secondary N) is 1. The number of hydrogen-bond donors (Lipinski definition) is 2. The maximum absolute atomic E-state index is 10.8. The van der Waals surface area contributed by atoms with Crippen molar-refractivity contribution in [2.24, 2.45) is 0 Å². The van der Waals surface area contributed by atoms with Crippen molar-refractivity contribution in [3.63, 3.8) is 0 Å². The van der Waals surface area contributed by atoms with Gasteiger partial charge in [0.15, 0.2) is 0 Å². The van der Waals surface area contributed by atoms with Gasteiger partial charge in [-0.1, -0.05) is 30.3 Å². The average Bonchev–Trinajstić information content (AvgIpc) is 2.88. The summed E-state index contributed by atoms with van der Waals surface area (Å²) < 4.78 is 1.12. The summed E-state index contributed by atoms with van der Waals surface area (Å²) in [7, 11) is 0. The zero-order valence-corrected chi connectivity index (χ0v) is 14.0. The molecule has 0 aliphatic heterocycles. The molecule has 1 aromatic heterocycles. The number of halogens is 1. The Balaban J connectivity index is 1.92. The molecule has 0 bridgehead atoms. The van der Waals surface area contributed by atoms with E-state index in [1.54, 1.807) is 11.3 Å². The average molecular weight is 368 g/mol. The third-order valence-electron chi connectivity index (χ3n) is 3.25. The summed E-state index contributed by atoms with van der Waals surface area (Å²) in [5.74, 6) is -0.742. The Morgan fingerprint density at radius 3 is 2.67 bits per heavy atom. The zero-order chi connectivity index (χ0) is 15.1. The number of hydrogen-bond acceptors (Lipinski definition) is 3. The van der Waals surface area contributed by atoms with Crippen molar-refractivity contribution in [2.75, 3.05) is 0 Å². The van der Waals surface area contributed by atoms with Crippen LogP contribution in [0.5, 0.6) is 0 Å². The van der Waals surface area contributed by atoms with Crippen molar-refractivity contribution < 1.29 is 9.90 Å². The number of thiophene rings is 1. The lowest BCUT2D eigenvalue weighted by Crippen LogP contribution is -2.31. The molecule has 112 valence electrons. The van der Waals surface area contributed by atoms with Gasteiger partial charge >= 0.3 is 5.97 Å². The SMILES string of the molecule is O=C(O)CCC(Cc1ccccc1)NCc1csc(Br)c1. The van der Waals surface area contributed by atoms with Crippen molar-refractivity contribution in [1.82, 2.24) is 5.32 Å². The van der Waals surface area contributed by atoms with Gasteiger partial charge in [0.05, 0.1) is 3.79 Å². The van der Waals surface area contributed by atoms with Crippen molar-refractivity contribution in [3.8, 4) is 0 Å². The summed E-state index contributed by atoms with van der Waals surface area (Å²) in [5, 5.41) is 14.5. The molecule has 2 rings (SSSR count). The van der Waals surface area contributed by atoms with Gasteiger partial charge in [-0.3, -0.25) is 4.79 Å². The topological polar surface area (TPSA) is 49.3 Å². The Kier molecular flexibility index (Phi) is 6.42. The summed E-state index contributed by atoms with van der Waals surface area (Å²) in [5.41, 5.74) is 2.45. The van der Waals surface area contributed by atoms with Crippen LogP contribution in [0.3, 0.4) is 0 Å². The molecule has 1 heterocycles. The normalized spacial score (nSPS) is 12.2. The van der Waals surface area contributed by atoms with Crippen LogP contribution in [-0.2, 0) is 17.8 Å². The van der Waals surface area contributed by atoms with Crippen LogP contribution >= 0.6 is 27.3 Å². The lowest BCUT2D eigenvalue weighted by atomic mass is 10.0. The van der Waals surface area contributed by atoms with Crippen molar-refractivity contribution in [3.05, 3.63) is 56.7 Å². The minimum Gasteiger partial charge on any atom is -0.481 e. The van der Waals surface area contributed by atoms with E-state index in [0.717, 1.165) is 16.8 Å². The van der Waals surface area contributed by atoms with Gasteiger partial charge in [-0.15, -0.1) is 11.3 Å². The van der Waals surface area contributed by atoms with Crippen LogP contribution in [-0.4, -0.2) is 17.1 Å². The van der Waals surface area contributed by atoms with Crippen molar-refractivity contribution >= 4 is 33.2 Å². The van der Waals surface area contributed by atoms with Gasteiger partial charge in [0.1, 0.15) is 0 Å². The number of rotatable bonds is 8. The van der Waals surface area contributed by atoms with Gasteiger partial charge in [0.25, 0.3) is 0 Å². The highest BCUT2D eigenvalue weighted by atomic mass is 79.9. The van der Waals surface area contributed by atoms with E-state index >= 15 is 0 Å². The Morgan fingerprint density at radius 1 is 1.29 bits per heavy atom. The second-order valence-electron chi connectivity index (χ2n) is 4.96. The summed E-state index contributed by atoms with van der Waals surface area (Å²) in [6.45, 7) is 0.763. The van der Waals surface area contributed by atoms with Gasteiger partial charge in [-0.2, -0.15) is 0 Å². The molecule has 0 amide bonds. The van der Waals surface area contributed by atoms with Crippen LogP contribution in [0.1, 0.15) is 24.0 Å². The predicted molar refractivity (Wildman–Crippen MR) is 89.7 cm³/mol. The molecule has 1 atom stereocenters. The molecule has 2 aromatic rings. The van der Waals surface area contributed by atoms with Crippen LogP contribution in [0.4, 0.5) is 0 Å². The molecular formula is C16H18BrNO2S. The first-order valence-corrected chi connectivity index (χ1v) is 8.53. The number of carboxylic acid groups (broad SMARTS) is 1. The smallest absolute Gasteiger partial charge is 0.303 e. The maximum atomic E-state index is 10.8. The first kappa shape index (κ1) is 16.2. The second kappa shape index (κ2) is 8.32. The highest BCUT2D eigenvalue weighted by Crippen LogP contribution is 2.20. The van der Waals surface area contributed by atoms with Gasteiger partial charge in [-0.25, -0.2) is 0 Å². The Hall–Kier alpha value is -1.17. The van der Waals surface area contributed by atoms with E-state index in [1.165, 1.54) is 11.1 Å². The molecule has 0 aliphatic carbocycles. The predicted octanol–water partition coefficient (Wildman–Crippen LogP) is 4.08. The monoisotopic (exact) mass is 367 g/mol. The van der Waals surface area contributed by atoms with Crippen LogP contribution in [0.25, 0.3) is 0 Å². The molecule has 0 radical (unpaired) electrons. The molecule has 0 fully saturated rings. The fourth-order valence-electron chi connectivity index (χ4n) is 2.17. The van der Waals surface area contributed by atoms with Gasteiger partial charge in [0.2, 0.25) is 0 Å². The van der Waals surface area contributed by atoms with Gasteiger partial charge < -0.3 is 10.4 Å². The van der Waals surface area contributed by atoms with E-state index in [0.29, 0.717) is 6.42 Å². The molecule has 2 N–H and O–H groups in total. The lowest BCUT2D eigenvalue weighted by Gasteiger charge is -2.18. The van der Waals surface area contributed by atoms with Crippen molar-refractivity contribution in [1.29, 1.82) is 0 Å². The quantitative estimate of drug-likeness (QED) is 0.738. The molecule has 0 aliphatic rings. The van der Waals surface area contributed by atoms with Crippen LogP contribution in [0, 0.1) is 0 Å². The molecule has 1 aromatic carbocycles. The standard InChI is InChI=1S/C16H18BrNO2S/c17-15-9-13(11-21-15)10-18-14(6-7-16(19)20)8-12-4-2-1-3-5-12/h1-5,9,11,14,18H,6-8,10H2,(H,19,20). The third-order valence-corrected chi connectivity index (χ3v) is 4.80. The number of carbonyl (C=O) groups is 1. The number of benzene rings is 1. The van der Waals surface area contributed by atoms with Gasteiger partial charge in [0, 0.05) is 19.0 Å².